The number of halogens is 1. The van der Waals surface area contributed by atoms with Gasteiger partial charge in [0.2, 0.25) is 5.91 Å². The smallest absolute Gasteiger partial charge is 0.253 e. The fourth-order valence-corrected chi connectivity index (χ4v) is 1.80. The zero-order valence-electron chi connectivity index (χ0n) is 12.5. The fraction of sp³-hybridized carbons (Fsp3) is 0.500. The first-order valence-corrected chi connectivity index (χ1v) is 7.28. The van der Waals surface area contributed by atoms with E-state index in [1.165, 1.54) is 12.3 Å². The largest absolute Gasteiger partial charge is 0.369 e. The SMILES string of the molecule is CCCNc1ncc(C(=O)NCC(=O)NC(C)C)cc1Cl. The lowest BCUT2D eigenvalue weighted by Crippen LogP contribution is -2.39. The average Bonchev–Trinajstić information content (AvgIpc) is 2.42. The molecule has 0 atom stereocenters. The second-order valence-corrected chi connectivity index (χ2v) is 5.29. The third-order valence-electron chi connectivity index (χ3n) is 2.50. The lowest BCUT2D eigenvalue weighted by Gasteiger charge is -2.10. The highest BCUT2D eigenvalue weighted by Crippen LogP contribution is 2.19. The first kappa shape index (κ1) is 17.2. The predicted octanol–water partition coefficient (Wildman–Crippen LogP) is 1.81. The van der Waals surface area contributed by atoms with E-state index in [1.54, 1.807) is 0 Å². The van der Waals surface area contributed by atoms with Gasteiger partial charge in [0.05, 0.1) is 17.1 Å². The molecule has 0 spiro atoms. The fourth-order valence-electron chi connectivity index (χ4n) is 1.57. The van der Waals surface area contributed by atoms with Crippen LogP contribution in [-0.2, 0) is 4.79 Å². The van der Waals surface area contributed by atoms with Crippen LogP contribution in [0.5, 0.6) is 0 Å². The van der Waals surface area contributed by atoms with Gasteiger partial charge in [-0.3, -0.25) is 9.59 Å². The van der Waals surface area contributed by atoms with E-state index in [1.807, 2.05) is 20.8 Å². The van der Waals surface area contributed by atoms with Crippen LogP contribution in [0.2, 0.25) is 5.02 Å². The second kappa shape index (κ2) is 8.46. The standard InChI is InChI=1S/C14H21ClN4O2/c1-4-5-16-13-11(15)6-10(7-17-13)14(21)18-8-12(20)19-9(2)3/h6-7,9H,4-5,8H2,1-3H3,(H,16,17)(H,18,21)(H,19,20). The summed E-state index contributed by atoms with van der Waals surface area (Å²) in [5.74, 6) is -0.0726. The van der Waals surface area contributed by atoms with E-state index in [-0.39, 0.29) is 24.4 Å². The summed E-state index contributed by atoms with van der Waals surface area (Å²) in [6.45, 7) is 6.42. The lowest BCUT2D eigenvalue weighted by molar-refractivity contribution is -0.120. The van der Waals surface area contributed by atoms with E-state index in [0.717, 1.165) is 13.0 Å². The van der Waals surface area contributed by atoms with E-state index in [0.29, 0.717) is 16.4 Å². The number of carbonyl (C=O) groups excluding carboxylic acids is 2. The van der Waals surface area contributed by atoms with Gasteiger partial charge in [0.15, 0.2) is 0 Å². The van der Waals surface area contributed by atoms with Gasteiger partial charge in [-0.1, -0.05) is 18.5 Å². The van der Waals surface area contributed by atoms with Crippen molar-refractivity contribution in [2.24, 2.45) is 0 Å². The van der Waals surface area contributed by atoms with Gasteiger partial charge in [-0.05, 0) is 26.3 Å². The highest BCUT2D eigenvalue weighted by atomic mass is 35.5. The van der Waals surface area contributed by atoms with E-state index in [9.17, 15) is 9.59 Å². The Hall–Kier alpha value is -1.82. The Labute approximate surface area is 129 Å². The van der Waals surface area contributed by atoms with E-state index in [2.05, 4.69) is 20.9 Å². The first-order chi connectivity index (χ1) is 9.93. The van der Waals surface area contributed by atoms with Gasteiger partial charge in [-0.25, -0.2) is 4.98 Å². The second-order valence-electron chi connectivity index (χ2n) is 4.89. The summed E-state index contributed by atoms with van der Waals surface area (Å²) in [7, 11) is 0. The molecule has 2 amide bonds. The van der Waals surface area contributed by atoms with Crippen molar-refractivity contribution < 1.29 is 9.59 Å². The molecule has 0 fully saturated rings. The number of amides is 2. The maximum Gasteiger partial charge on any atom is 0.253 e. The Morgan fingerprint density at radius 2 is 2.10 bits per heavy atom. The number of hydrogen-bond acceptors (Lipinski definition) is 4. The van der Waals surface area contributed by atoms with Gasteiger partial charge in [0, 0.05) is 18.8 Å². The van der Waals surface area contributed by atoms with Crippen molar-refractivity contribution in [3.8, 4) is 0 Å². The molecular weight excluding hydrogens is 292 g/mol. The number of nitrogens with zero attached hydrogens (tertiary/aromatic N) is 1. The molecule has 7 heteroatoms. The highest BCUT2D eigenvalue weighted by Gasteiger charge is 2.11. The average molecular weight is 313 g/mol. The highest BCUT2D eigenvalue weighted by molar-refractivity contribution is 6.33. The quantitative estimate of drug-likeness (QED) is 0.717. The van der Waals surface area contributed by atoms with Crippen molar-refractivity contribution in [2.75, 3.05) is 18.4 Å². The molecule has 3 N–H and O–H groups in total. The number of pyridine rings is 1. The van der Waals surface area contributed by atoms with E-state index in [4.69, 9.17) is 11.6 Å². The van der Waals surface area contributed by atoms with Gasteiger partial charge in [0.1, 0.15) is 5.82 Å². The van der Waals surface area contributed by atoms with Crippen molar-refractivity contribution in [1.82, 2.24) is 15.6 Å². The van der Waals surface area contributed by atoms with Crippen LogP contribution < -0.4 is 16.0 Å². The van der Waals surface area contributed by atoms with Gasteiger partial charge in [-0.2, -0.15) is 0 Å². The molecule has 0 aliphatic heterocycles. The first-order valence-electron chi connectivity index (χ1n) is 6.91. The van der Waals surface area contributed by atoms with E-state index < -0.39 is 0 Å². The third-order valence-corrected chi connectivity index (χ3v) is 2.79. The van der Waals surface area contributed by atoms with Gasteiger partial charge in [0.25, 0.3) is 5.91 Å². The molecule has 116 valence electrons. The molecular formula is C14H21ClN4O2. The van der Waals surface area contributed by atoms with Crippen LogP contribution in [0.3, 0.4) is 0 Å². The number of hydrogen-bond donors (Lipinski definition) is 3. The summed E-state index contributed by atoms with van der Waals surface area (Å²) in [4.78, 5) is 27.5. The van der Waals surface area contributed by atoms with Crippen molar-refractivity contribution in [2.45, 2.75) is 33.2 Å². The molecule has 1 rings (SSSR count). The summed E-state index contributed by atoms with van der Waals surface area (Å²) in [5.41, 5.74) is 0.319. The summed E-state index contributed by atoms with van der Waals surface area (Å²) in [5, 5.41) is 8.65. The van der Waals surface area contributed by atoms with Gasteiger partial charge in [-0.15, -0.1) is 0 Å². The molecule has 0 aliphatic carbocycles. The molecule has 1 aromatic heterocycles. The zero-order valence-corrected chi connectivity index (χ0v) is 13.3. The normalized spacial score (nSPS) is 10.3. The van der Waals surface area contributed by atoms with Crippen molar-refractivity contribution in [3.63, 3.8) is 0 Å². The molecule has 21 heavy (non-hydrogen) atoms. The molecule has 0 aliphatic rings. The van der Waals surface area contributed by atoms with E-state index >= 15 is 0 Å². The zero-order chi connectivity index (χ0) is 15.8. The minimum atomic E-state index is -0.384. The van der Waals surface area contributed by atoms with Crippen LogP contribution in [0.4, 0.5) is 5.82 Å². The van der Waals surface area contributed by atoms with Crippen molar-refractivity contribution in [1.29, 1.82) is 0 Å². The summed E-state index contributed by atoms with van der Waals surface area (Å²) in [6, 6.07) is 1.57. The number of nitrogens with one attached hydrogen (secondary N) is 3. The van der Waals surface area contributed by atoms with Crippen LogP contribution in [0.1, 0.15) is 37.6 Å². The van der Waals surface area contributed by atoms with Crippen LogP contribution >= 0.6 is 11.6 Å². The predicted molar refractivity (Wildman–Crippen MR) is 83.6 cm³/mol. The molecule has 0 aromatic carbocycles. The monoisotopic (exact) mass is 312 g/mol. The summed E-state index contributed by atoms with van der Waals surface area (Å²) >= 11 is 6.06. The Morgan fingerprint density at radius 3 is 2.67 bits per heavy atom. The van der Waals surface area contributed by atoms with Crippen molar-refractivity contribution in [3.05, 3.63) is 22.8 Å². The van der Waals surface area contributed by atoms with Crippen LogP contribution in [0.25, 0.3) is 0 Å². The Morgan fingerprint density at radius 1 is 1.38 bits per heavy atom. The molecule has 0 saturated carbocycles. The van der Waals surface area contributed by atoms with Crippen molar-refractivity contribution >= 4 is 29.2 Å². The Bertz CT molecular complexity index is 506. The Balaban J connectivity index is 2.58. The molecule has 0 unspecified atom stereocenters. The molecule has 1 heterocycles. The number of carbonyl (C=O) groups is 2. The topological polar surface area (TPSA) is 83.1 Å². The molecule has 1 aromatic rings. The minimum absolute atomic E-state index is 0.0365. The van der Waals surface area contributed by atoms with Gasteiger partial charge >= 0.3 is 0 Å². The lowest BCUT2D eigenvalue weighted by atomic mass is 10.2. The minimum Gasteiger partial charge on any atom is -0.369 e. The third kappa shape index (κ3) is 5.99. The molecule has 6 nitrogen and oxygen atoms in total. The van der Waals surface area contributed by atoms with Gasteiger partial charge < -0.3 is 16.0 Å². The number of rotatable bonds is 7. The number of anilines is 1. The maximum absolute atomic E-state index is 11.9. The molecule has 0 bridgehead atoms. The molecule has 0 radical (unpaired) electrons. The number of aromatic nitrogens is 1. The molecule has 0 saturated heterocycles. The Kier molecular flexibility index (Phi) is 6.94. The van der Waals surface area contributed by atoms with Crippen LogP contribution in [0, 0.1) is 0 Å². The summed E-state index contributed by atoms with van der Waals surface area (Å²) in [6.07, 6.45) is 2.38. The van der Waals surface area contributed by atoms with Crippen LogP contribution in [0.15, 0.2) is 12.3 Å². The summed E-state index contributed by atoms with van der Waals surface area (Å²) < 4.78 is 0. The maximum atomic E-state index is 11.9. The van der Waals surface area contributed by atoms with Crippen LogP contribution in [-0.4, -0.2) is 35.9 Å².